The summed E-state index contributed by atoms with van der Waals surface area (Å²) in [4.78, 5) is 10.6. The molecule has 0 radical (unpaired) electrons. The molecule has 21 heavy (non-hydrogen) atoms. The van der Waals surface area contributed by atoms with Crippen molar-refractivity contribution in [3.05, 3.63) is 78.3 Å². The standard InChI is InChI=1S/C18H14O3/c19-12-15-10-11-16(21-15)13-20-18-9-5-4-8-17(18)14-6-2-1-3-7-14/h1-12H,13H2. The lowest BCUT2D eigenvalue weighted by Crippen LogP contribution is -1.95. The molecular formula is C18H14O3. The lowest BCUT2D eigenvalue weighted by molar-refractivity contribution is 0.109. The van der Waals surface area contributed by atoms with E-state index in [-0.39, 0.29) is 6.61 Å². The molecule has 0 saturated heterocycles. The van der Waals surface area contributed by atoms with Crippen molar-refractivity contribution in [2.45, 2.75) is 6.61 Å². The Labute approximate surface area is 122 Å². The number of hydrogen-bond donors (Lipinski definition) is 0. The molecule has 0 aliphatic heterocycles. The zero-order valence-electron chi connectivity index (χ0n) is 11.4. The first-order chi connectivity index (χ1) is 10.4. The van der Waals surface area contributed by atoms with Gasteiger partial charge in [0.1, 0.15) is 18.1 Å². The fourth-order valence-corrected chi connectivity index (χ4v) is 2.13. The number of furan rings is 1. The van der Waals surface area contributed by atoms with Crippen LogP contribution in [0, 0.1) is 0 Å². The summed E-state index contributed by atoms with van der Waals surface area (Å²) in [6.07, 6.45) is 0.682. The first kappa shape index (κ1) is 13.2. The molecule has 0 spiro atoms. The Morgan fingerprint density at radius 3 is 2.43 bits per heavy atom. The second kappa shape index (κ2) is 6.09. The summed E-state index contributed by atoms with van der Waals surface area (Å²) < 4.78 is 11.1. The summed E-state index contributed by atoms with van der Waals surface area (Å²) in [5.74, 6) is 1.72. The molecule has 0 aliphatic rings. The summed E-state index contributed by atoms with van der Waals surface area (Å²) in [7, 11) is 0. The summed E-state index contributed by atoms with van der Waals surface area (Å²) in [5, 5.41) is 0. The van der Waals surface area contributed by atoms with E-state index in [1.165, 1.54) is 0 Å². The van der Waals surface area contributed by atoms with Crippen LogP contribution in [0.3, 0.4) is 0 Å². The topological polar surface area (TPSA) is 39.4 Å². The quantitative estimate of drug-likeness (QED) is 0.652. The molecule has 0 saturated carbocycles. The van der Waals surface area contributed by atoms with Crippen LogP contribution in [-0.4, -0.2) is 6.29 Å². The molecule has 3 nitrogen and oxygen atoms in total. The van der Waals surface area contributed by atoms with E-state index in [1.807, 2.05) is 54.6 Å². The van der Waals surface area contributed by atoms with Crippen LogP contribution in [0.15, 0.2) is 71.1 Å². The predicted octanol–water partition coefficient (Wildman–Crippen LogP) is 4.34. The van der Waals surface area contributed by atoms with Crippen molar-refractivity contribution in [2.24, 2.45) is 0 Å². The summed E-state index contributed by atoms with van der Waals surface area (Å²) in [6, 6.07) is 21.3. The van der Waals surface area contributed by atoms with Crippen LogP contribution >= 0.6 is 0 Å². The molecule has 0 bridgehead atoms. The van der Waals surface area contributed by atoms with Crippen LogP contribution in [-0.2, 0) is 6.61 Å². The molecule has 3 heteroatoms. The monoisotopic (exact) mass is 278 g/mol. The number of para-hydroxylation sites is 1. The Bertz CT molecular complexity index is 729. The van der Waals surface area contributed by atoms with E-state index in [4.69, 9.17) is 9.15 Å². The van der Waals surface area contributed by atoms with Crippen molar-refractivity contribution in [3.63, 3.8) is 0 Å². The molecule has 0 N–H and O–H groups in total. The summed E-state index contributed by atoms with van der Waals surface area (Å²) >= 11 is 0. The molecule has 0 aliphatic carbocycles. The van der Waals surface area contributed by atoms with E-state index in [1.54, 1.807) is 12.1 Å². The minimum atomic E-state index is 0.289. The molecule has 104 valence electrons. The van der Waals surface area contributed by atoms with Crippen molar-refractivity contribution in [2.75, 3.05) is 0 Å². The normalized spacial score (nSPS) is 10.3. The van der Waals surface area contributed by atoms with Gasteiger partial charge in [-0.1, -0.05) is 48.5 Å². The average molecular weight is 278 g/mol. The average Bonchev–Trinajstić information content (AvgIpc) is 3.02. The van der Waals surface area contributed by atoms with Gasteiger partial charge in [0.05, 0.1) is 0 Å². The Morgan fingerprint density at radius 1 is 0.905 bits per heavy atom. The van der Waals surface area contributed by atoms with E-state index >= 15 is 0 Å². The third kappa shape index (κ3) is 3.03. The number of hydrogen-bond acceptors (Lipinski definition) is 3. The number of rotatable bonds is 5. The molecular weight excluding hydrogens is 264 g/mol. The maximum atomic E-state index is 10.6. The van der Waals surface area contributed by atoms with Crippen LogP contribution in [0.5, 0.6) is 5.75 Å². The number of carbonyl (C=O) groups is 1. The van der Waals surface area contributed by atoms with Gasteiger partial charge in [0.25, 0.3) is 0 Å². The van der Waals surface area contributed by atoms with E-state index in [2.05, 4.69) is 0 Å². The lowest BCUT2D eigenvalue weighted by Gasteiger charge is -2.10. The largest absolute Gasteiger partial charge is 0.485 e. The first-order valence-electron chi connectivity index (χ1n) is 6.68. The van der Waals surface area contributed by atoms with E-state index in [9.17, 15) is 4.79 Å². The SMILES string of the molecule is O=Cc1ccc(COc2ccccc2-c2ccccc2)o1. The number of benzene rings is 2. The Hall–Kier alpha value is -2.81. The van der Waals surface area contributed by atoms with Crippen molar-refractivity contribution >= 4 is 6.29 Å². The molecule has 2 aromatic carbocycles. The maximum absolute atomic E-state index is 10.6. The van der Waals surface area contributed by atoms with Crippen LogP contribution in [0.2, 0.25) is 0 Å². The van der Waals surface area contributed by atoms with Gasteiger partial charge in [-0.2, -0.15) is 0 Å². The number of carbonyl (C=O) groups excluding carboxylic acids is 1. The molecule has 0 atom stereocenters. The molecule has 0 unspecified atom stereocenters. The minimum absolute atomic E-state index is 0.289. The second-order valence-electron chi connectivity index (χ2n) is 4.57. The van der Waals surface area contributed by atoms with Gasteiger partial charge in [-0.3, -0.25) is 4.79 Å². The molecule has 1 heterocycles. The van der Waals surface area contributed by atoms with Crippen LogP contribution < -0.4 is 4.74 Å². The van der Waals surface area contributed by atoms with Crippen molar-refractivity contribution in [1.29, 1.82) is 0 Å². The lowest BCUT2D eigenvalue weighted by atomic mass is 10.1. The molecule has 1 aromatic heterocycles. The van der Waals surface area contributed by atoms with Gasteiger partial charge < -0.3 is 9.15 Å². The van der Waals surface area contributed by atoms with Gasteiger partial charge in [0.15, 0.2) is 12.0 Å². The van der Waals surface area contributed by atoms with E-state index < -0.39 is 0 Å². The fourth-order valence-electron chi connectivity index (χ4n) is 2.13. The molecule has 0 fully saturated rings. The van der Waals surface area contributed by atoms with Crippen LogP contribution in [0.25, 0.3) is 11.1 Å². The van der Waals surface area contributed by atoms with Gasteiger partial charge in [0, 0.05) is 5.56 Å². The maximum Gasteiger partial charge on any atom is 0.185 e. The second-order valence-corrected chi connectivity index (χ2v) is 4.57. The highest BCUT2D eigenvalue weighted by molar-refractivity contribution is 5.71. The van der Waals surface area contributed by atoms with Crippen molar-refractivity contribution in [3.8, 4) is 16.9 Å². The van der Waals surface area contributed by atoms with Crippen molar-refractivity contribution in [1.82, 2.24) is 0 Å². The molecule has 0 amide bonds. The Morgan fingerprint density at radius 2 is 1.67 bits per heavy atom. The van der Waals surface area contributed by atoms with Crippen molar-refractivity contribution < 1.29 is 13.9 Å². The van der Waals surface area contributed by atoms with Gasteiger partial charge in [-0.25, -0.2) is 0 Å². The minimum Gasteiger partial charge on any atom is -0.485 e. The third-order valence-corrected chi connectivity index (χ3v) is 3.14. The highest BCUT2D eigenvalue weighted by Gasteiger charge is 2.07. The van der Waals surface area contributed by atoms with Gasteiger partial charge in [-0.15, -0.1) is 0 Å². The summed E-state index contributed by atoms with van der Waals surface area (Å²) in [5.41, 5.74) is 2.13. The third-order valence-electron chi connectivity index (χ3n) is 3.14. The van der Waals surface area contributed by atoms with Gasteiger partial charge in [-0.05, 0) is 23.8 Å². The van der Waals surface area contributed by atoms with Crippen LogP contribution in [0.4, 0.5) is 0 Å². The number of aldehydes is 1. The zero-order valence-corrected chi connectivity index (χ0v) is 11.4. The summed E-state index contributed by atoms with van der Waals surface area (Å²) in [6.45, 7) is 0.289. The first-order valence-corrected chi connectivity index (χ1v) is 6.68. The van der Waals surface area contributed by atoms with E-state index in [0.29, 0.717) is 17.8 Å². The highest BCUT2D eigenvalue weighted by atomic mass is 16.5. The number of ether oxygens (including phenoxy) is 1. The Balaban J connectivity index is 1.81. The predicted molar refractivity (Wildman–Crippen MR) is 80.3 cm³/mol. The van der Waals surface area contributed by atoms with Crippen LogP contribution in [0.1, 0.15) is 16.3 Å². The van der Waals surface area contributed by atoms with Gasteiger partial charge in [0.2, 0.25) is 0 Å². The van der Waals surface area contributed by atoms with E-state index in [0.717, 1.165) is 16.9 Å². The molecule has 3 aromatic rings. The smallest absolute Gasteiger partial charge is 0.185 e. The highest BCUT2D eigenvalue weighted by Crippen LogP contribution is 2.30. The Kier molecular flexibility index (Phi) is 3.83. The zero-order chi connectivity index (χ0) is 14.5. The fraction of sp³-hybridized carbons (Fsp3) is 0.0556. The molecule has 3 rings (SSSR count). The van der Waals surface area contributed by atoms with Gasteiger partial charge >= 0.3 is 0 Å².